The van der Waals surface area contributed by atoms with E-state index in [0.717, 1.165) is 43.9 Å². The highest BCUT2D eigenvalue weighted by atomic mass is 35.5. The van der Waals surface area contributed by atoms with Crippen LogP contribution in [-0.2, 0) is 4.79 Å². The molecule has 1 aromatic rings. The van der Waals surface area contributed by atoms with Crippen LogP contribution in [0.1, 0.15) is 12.8 Å². The van der Waals surface area contributed by atoms with Crippen molar-refractivity contribution in [1.29, 1.82) is 0 Å². The van der Waals surface area contributed by atoms with E-state index >= 15 is 0 Å². The summed E-state index contributed by atoms with van der Waals surface area (Å²) in [6.07, 6.45) is 2.02. The van der Waals surface area contributed by atoms with E-state index < -0.39 is 0 Å². The summed E-state index contributed by atoms with van der Waals surface area (Å²) in [4.78, 5) is 14.3. The second-order valence-electron chi connectivity index (χ2n) is 5.71. The Bertz CT molecular complexity index is 466. The Hall–Kier alpha value is -1.01. The highest BCUT2D eigenvalue weighted by molar-refractivity contribution is 5.92. The van der Waals surface area contributed by atoms with Crippen LogP contribution in [0, 0.1) is 5.92 Å². The molecule has 2 N–H and O–H groups in total. The van der Waals surface area contributed by atoms with Gasteiger partial charge in [0.15, 0.2) is 0 Å². The van der Waals surface area contributed by atoms with Gasteiger partial charge < -0.3 is 20.3 Å². The van der Waals surface area contributed by atoms with Crippen molar-refractivity contribution in [2.24, 2.45) is 5.92 Å². The van der Waals surface area contributed by atoms with Gasteiger partial charge in [-0.25, -0.2) is 0 Å². The standard InChI is InChI=1S/C16H25N3O2.2ClH/c1-19(2)9-10-21-15-7-3-6-14(11-15)18-16(20)13-5-4-8-17-12-13;;/h3,6-7,11,13,17H,4-5,8-10,12H2,1-2H3,(H,18,20);2*1H. The van der Waals surface area contributed by atoms with Gasteiger partial charge in [0.25, 0.3) is 0 Å². The molecule has 23 heavy (non-hydrogen) atoms. The van der Waals surface area contributed by atoms with Gasteiger partial charge >= 0.3 is 0 Å². The van der Waals surface area contributed by atoms with Crippen LogP contribution in [-0.4, -0.2) is 51.1 Å². The topological polar surface area (TPSA) is 53.6 Å². The number of benzene rings is 1. The highest BCUT2D eigenvalue weighted by Crippen LogP contribution is 2.19. The van der Waals surface area contributed by atoms with E-state index in [9.17, 15) is 4.79 Å². The molecule has 1 atom stereocenters. The molecule has 2 rings (SSSR count). The van der Waals surface area contributed by atoms with E-state index in [2.05, 4.69) is 15.5 Å². The molecule has 0 radical (unpaired) electrons. The molecule has 1 saturated heterocycles. The maximum Gasteiger partial charge on any atom is 0.228 e. The number of piperidine rings is 1. The fraction of sp³-hybridized carbons (Fsp3) is 0.562. The number of carbonyl (C=O) groups excluding carboxylic acids is 1. The molecule has 0 aromatic heterocycles. The Kier molecular flexibility index (Phi) is 11.0. The van der Waals surface area contributed by atoms with E-state index in [1.54, 1.807) is 0 Å². The second-order valence-corrected chi connectivity index (χ2v) is 5.71. The number of ether oxygens (including phenoxy) is 1. The zero-order valence-electron chi connectivity index (χ0n) is 13.7. The van der Waals surface area contributed by atoms with Crippen molar-refractivity contribution in [1.82, 2.24) is 10.2 Å². The molecule has 132 valence electrons. The Morgan fingerprint density at radius 3 is 2.83 bits per heavy atom. The smallest absolute Gasteiger partial charge is 0.228 e. The Morgan fingerprint density at radius 1 is 1.39 bits per heavy atom. The fourth-order valence-electron chi connectivity index (χ4n) is 2.33. The van der Waals surface area contributed by atoms with Crippen molar-refractivity contribution in [3.8, 4) is 5.75 Å². The summed E-state index contributed by atoms with van der Waals surface area (Å²) in [5.74, 6) is 0.945. The number of nitrogens with one attached hydrogen (secondary N) is 2. The molecular formula is C16H27Cl2N3O2. The molecule has 0 aliphatic carbocycles. The van der Waals surface area contributed by atoms with Crippen LogP contribution in [0.4, 0.5) is 5.69 Å². The minimum atomic E-state index is 0. The zero-order valence-corrected chi connectivity index (χ0v) is 15.3. The van der Waals surface area contributed by atoms with E-state index in [-0.39, 0.29) is 36.6 Å². The first kappa shape index (κ1) is 22.0. The summed E-state index contributed by atoms with van der Waals surface area (Å²) in [5, 5.41) is 6.24. The van der Waals surface area contributed by atoms with Gasteiger partial charge in [-0.05, 0) is 45.6 Å². The third-order valence-electron chi connectivity index (χ3n) is 3.58. The van der Waals surface area contributed by atoms with Crippen LogP contribution in [0.5, 0.6) is 5.75 Å². The van der Waals surface area contributed by atoms with Crippen molar-refractivity contribution in [3.05, 3.63) is 24.3 Å². The molecule has 5 nitrogen and oxygen atoms in total. The number of hydrogen-bond acceptors (Lipinski definition) is 4. The highest BCUT2D eigenvalue weighted by Gasteiger charge is 2.20. The summed E-state index contributed by atoms with van der Waals surface area (Å²) in [7, 11) is 4.02. The van der Waals surface area contributed by atoms with E-state index in [1.807, 2.05) is 38.4 Å². The number of carbonyl (C=O) groups is 1. The molecule has 0 saturated carbocycles. The van der Waals surface area contributed by atoms with Gasteiger partial charge in [0.2, 0.25) is 5.91 Å². The zero-order chi connectivity index (χ0) is 15.1. The lowest BCUT2D eigenvalue weighted by Crippen LogP contribution is -2.37. The summed E-state index contributed by atoms with van der Waals surface area (Å²) < 4.78 is 5.68. The van der Waals surface area contributed by atoms with Crippen molar-refractivity contribution in [2.75, 3.05) is 45.7 Å². The quantitative estimate of drug-likeness (QED) is 0.814. The first-order valence-electron chi connectivity index (χ1n) is 7.54. The third-order valence-corrected chi connectivity index (χ3v) is 3.58. The average molecular weight is 364 g/mol. The van der Waals surface area contributed by atoms with E-state index in [1.165, 1.54) is 0 Å². The van der Waals surface area contributed by atoms with Gasteiger partial charge in [0.1, 0.15) is 12.4 Å². The van der Waals surface area contributed by atoms with Gasteiger partial charge in [0.05, 0.1) is 5.92 Å². The lowest BCUT2D eigenvalue weighted by molar-refractivity contribution is -0.120. The molecule has 0 spiro atoms. The largest absolute Gasteiger partial charge is 0.492 e. The first-order chi connectivity index (χ1) is 10.1. The molecular weight excluding hydrogens is 337 g/mol. The Labute approximate surface area is 151 Å². The minimum absolute atomic E-state index is 0. The normalized spacial score (nSPS) is 16.9. The second kappa shape index (κ2) is 11.5. The molecule has 1 aliphatic rings. The number of rotatable bonds is 6. The molecule has 1 fully saturated rings. The summed E-state index contributed by atoms with van der Waals surface area (Å²) in [6, 6.07) is 7.59. The summed E-state index contributed by atoms with van der Waals surface area (Å²) >= 11 is 0. The van der Waals surface area contributed by atoms with Gasteiger partial charge in [-0.3, -0.25) is 4.79 Å². The van der Waals surface area contributed by atoms with E-state index in [4.69, 9.17) is 4.74 Å². The molecule has 1 aliphatic heterocycles. The molecule has 1 heterocycles. The predicted molar refractivity (Wildman–Crippen MR) is 99.2 cm³/mol. The minimum Gasteiger partial charge on any atom is -0.492 e. The molecule has 1 aromatic carbocycles. The number of hydrogen-bond donors (Lipinski definition) is 2. The molecule has 0 bridgehead atoms. The molecule has 1 amide bonds. The Morgan fingerprint density at radius 2 is 2.17 bits per heavy atom. The molecule has 7 heteroatoms. The molecule has 1 unspecified atom stereocenters. The van der Waals surface area contributed by atoms with Crippen LogP contribution in [0.3, 0.4) is 0 Å². The predicted octanol–water partition coefficient (Wildman–Crippen LogP) is 2.41. The van der Waals surface area contributed by atoms with Crippen LogP contribution in [0.15, 0.2) is 24.3 Å². The van der Waals surface area contributed by atoms with Crippen LogP contribution < -0.4 is 15.4 Å². The van der Waals surface area contributed by atoms with Crippen molar-refractivity contribution < 1.29 is 9.53 Å². The fourth-order valence-corrected chi connectivity index (χ4v) is 2.33. The maximum absolute atomic E-state index is 12.2. The van der Waals surface area contributed by atoms with Gasteiger partial charge in [-0.1, -0.05) is 6.07 Å². The number of amides is 1. The van der Waals surface area contributed by atoms with Gasteiger partial charge in [-0.15, -0.1) is 24.8 Å². The number of halogens is 2. The van der Waals surface area contributed by atoms with Crippen LogP contribution in [0.25, 0.3) is 0 Å². The third kappa shape index (κ3) is 7.88. The lowest BCUT2D eigenvalue weighted by atomic mass is 9.99. The van der Waals surface area contributed by atoms with Gasteiger partial charge in [0, 0.05) is 24.8 Å². The number of nitrogens with zero attached hydrogens (tertiary/aromatic N) is 1. The number of anilines is 1. The first-order valence-corrected chi connectivity index (χ1v) is 7.54. The number of likely N-dealkylation sites (N-methyl/N-ethyl adjacent to an activating group) is 1. The van der Waals surface area contributed by atoms with Gasteiger partial charge in [-0.2, -0.15) is 0 Å². The summed E-state index contributed by atoms with van der Waals surface area (Å²) in [6.45, 7) is 3.28. The lowest BCUT2D eigenvalue weighted by Gasteiger charge is -2.22. The average Bonchev–Trinajstić information content (AvgIpc) is 2.48. The Balaban J connectivity index is 0.00000242. The SMILES string of the molecule is CN(C)CCOc1cccc(NC(=O)C2CCCNC2)c1.Cl.Cl. The van der Waals surface area contributed by atoms with Crippen LogP contribution in [0.2, 0.25) is 0 Å². The van der Waals surface area contributed by atoms with Crippen molar-refractivity contribution >= 4 is 36.4 Å². The monoisotopic (exact) mass is 363 g/mol. The maximum atomic E-state index is 12.2. The van der Waals surface area contributed by atoms with Crippen molar-refractivity contribution in [3.63, 3.8) is 0 Å². The summed E-state index contributed by atoms with van der Waals surface area (Å²) in [5.41, 5.74) is 0.799. The van der Waals surface area contributed by atoms with E-state index in [0.29, 0.717) is 6.61 Å². The van der Waals surface area contributed by atoms with Crippen LogP contribution >= 0.6 is 24.8 Å². The van der Waals surface area contributed by atoms with Crippen molar-refractivity contribution in [2.45, 2.75) is 12.8 Å².